The summed E-state index contributed by atoms with van der Waals surface area (Å²) in [7, 11) is -1.18. The maximum absolute atomic E-state index is 5.00. The summed E-state index contributed by atoms with van der Waals surface area (Å²) in [6.07, 6.45) is 1.16. The molecule has 0 aliphatic carbocycles. The zero-order chi connectivity index (χ0) is 15.6. The number of rotatable bonds is 4. The Bertz CT molecular complexity index is 746. The minimum absolute atomic E-state index is 0.271. The fraction of sp³-hybridized carbons (Fsp3) is 0.222. The Labute approximate surface area is 139 Å². The van der Waals surface area contributed by atoms with E-state index in [2.05, 4.69) is 83.9 Å². The molecule has 4 heteroatoms. The van der Waals surface area contributed by atoms with Gasteiger partial charge in [-0.15, -0.1) is 0 Å². The van der Waals surface area contributed by atoms with Crippen LogP contribution in [0.25, 0.3) is 21.5 Å². The van der Waals surface area contributed by atoms with Crippen molar-refractivity contribution in [3.63, 3.8) is 0 Å². The van der Waals surface area contributed by atoms with Gasteiger partial charge in [0.25, 0.3) is 0 Å². The number of nitrogens with zero attached hydrogens (tertiary/aromatic N) is 2. The van der Waals surface area contributed by atoms with Gasteiger partial charge in [0.2, 0.25) is 0 Å². The van der Waals surface area contributed by atoms with Gasteiger partial charge in [-0.3, -0.25) is 0 Å². The molecule has 112 valence electrons. The maximum atomic E-state index is 5.00. The first-order valence-electron chi connectivity index (χ1n) is 7.55. The average Bonchev–Trinajstić information content (AvgIpc) is 2.91. The summed E-state index contributed by atoms with van der Waals surface area (Å²) in [5.74, 6) is 1.15. The molecule has 0 spiro atoms. The summed E-state index contributed by atoms with van der Waals surface area (Å²) in [5, 5.41) is 0. The summed E-state index contributed by atoms with van der Waals surface area (Å²) < 4.78 is 3.77. The summed E-state index contributed by atoms with van der Waals surface area (Å²) in [6, 6.07) is 21.2. The van der Waals surface area contributed by atoms with Crippen molar-refractivity contribution in [3.05, 3.63) is 60.7 Å². The fourth-order valence-corrected chi connectivity index (χ4v) is 7.97. The van der Waals surface area contributed by atoms with Gasteiger partial charge in [0.1, 0.15) is 0 Å². The van der Waals surface area contributed by atoms with Gasteiger partial charge in [-0.1, -0.05) is 0 Å². The van der Waals surface area contributed by atoms with E-state index in [0.717, 1.165) is 12.0 Å². The standard InChI is InChI=1S/C18H21N2SeSi/c1-22(2,3)14-20-17(15-10-6-4-7-11-15)19-18(21-20)16-12-8-5-9-13-16/h4-13H,14H2,1-3H3/q+1. The number of hydrogen-bond acceptors (Lipinski definition) is 1. The predicted molar refractivity (Wildman–Crippen MR) is 95.6 cm³/mol. The third-order valence-corrected chi connectivity index (χ3v) is 7.23. The molecule has 0 atom stereocenters. The van der Waals surface area contributed by atoms with E-state index in [0.29, 0.717) is 0 Å². The van der Waals surface area contributed by atoms with Crippen LogP contribution in [0.5, 0.6) is 0 Å². The third kappa shape index (κ3) is 3.64. The van der Waals surface area contributed by atoms with Crippen LogP contribution in [0, 0.1) is 0 Å². The van der Waals surface area contributed by atoms with E-state index in [-0.39, 0.29) is 14.7 Å². The van der Waals surface area contributed by atoms with Crippen molar-refractivity contribution in [2.45, 2.75) is 25.8 Å². The van der Waals surface area contributed by atoms with Crippen LogP contribution in [0.15, 0.2) is 60.7 Å². The quantitative estimate of drug-likeness (QED) is 0.639. The van der Waals surface area contributed by atoms with Gasteiger partial charge in [0.05, 0.1) is 0 Å². The van der Waals surface area contributed by atoms with Crippen LogP contribution >= 0.6 is 0 Å². The molecule has 1 aromatic heterocycles. The Morgan fingerprint density at radius 3 is 1.95 bits per heavy atom. The zero-order valence-electron chi connectivity index (χ0n) is 13.3. The molecule has 0 aliphatic heterocycles. The molecule has 0 fully saturated rings. The van der Waals surface area contributed by atoms with Crippen molar-refractivity contribution in [3.8, 4) is 21.5 Å². The molecular weight excluding hydrogens is 351 g/mol. The van der Waals surface area contributed by atoms with Crippen molar-refractivity contribution < 1.29 is 3.56 Å². The molecule has 0 unspecified atom stereocenters. The molecule has 2 nitrogen and oxygen atoms in total. The molecular formula is C18H21N2SeSi+. The fourth-order valence-electron chi connectivity index (χ4n) is 2.35. The average molecular weight is 372 g/mol. The van der Waals surface area contributed by atoms with Crippen molar-refractivity contribution >= 4 is 22.8 Å². The van der Waals surface area contributed by atoms with E-state index < -0.39 is 8.07 Å². The number of hydrogen-bond donors (Lipinski definition) is 0. The molecule has 0 saturated heterocycles. The van der Waals surface area contributed by atoms with E-state index in [4.69, 9.17) is 4.98 Å². The molecule has 0 radical (unpaired) electrons. The number of aromatic nitrogens is 2. The first-order chi connectivity index (χ1) is 10.5. The van der Waals surface area contributed by atoms with Gasteiger partial charge in [-0.25, -0.2) is 0 Å². The van der Waals surface area contributed by atoms with Crippen LogP contribution in [-0.4, -0.2) is 27.8 Å². The van der Waals surface area contributed by atoms with Crippen LogP contribution in [-0.2, 0) is 6.17 Å². The van der Waals surface area contributed by atoms with Crippen LogP contribution < -0.4 is 3.56 Å². The van der Waals surface area contributed by atoms with E-state index in [1.54, 1.807) is 0 Å². The van der Waals surface area contributed by atoms with Gasteiger partial charge in [-0.05, 0) is 0 Å². The monoisotopic (exact) mass is 373 g/mol. The molecule has 3 rings (SSSR count). The van der Waals surface area contributed by atoms with Gasteiger partial charge < -0.3 is 0 Å². The molecule has 1 heterocycles. The summed E-state index contributed by atoms with van der Waals surface area (Å²) >= 11 is 0.271. The van der Waals surface area contributed by atoms with Gasteiger partial charge >= 0.3 is 139 Å². The Balaban J connectivity index is 2.09. The summed E-state index contributed by atoms with van der Waals surface area (Å²) in [4.78, 5) is 5.00. The van der Waals surface area contributed by atoms with Crippen LogP contribution in [0.4, 0.5) is 0 Å². The van der Waals surface area contributed by atoms with Crippen molar-refractivity contribution in [2.24, 2.45) is 0 Å². The van der Waals surface area contributed by atoms with E-state index in [9.17, 15) is 0 Å². The SMILES string of the molecule is C[Si](C)(C)C[n+]1[se]c(-c2ccccc2)nc1-c1ccccc1. The summed E-state index contributed by atoms with van der Waals surface area (Å²) in [6.45, 7) is 7.27. The second kappa shape index (κ2) is 6.33. The minimum atomic E-state index is -1.18. The van der Waals surface area contributed by atoms with Gasteiger partial charge in [-0.2, -0.15) is 0 Å². The Morgan fingerprint density at radius 2 is 1.41 bits per heavy atom. The molecule has 0 saturated carbocycles. The zero-order valence-corrected chi connectivity index (χ0v) is 16.0. The molecule has 0 amide bonds. The molecule has 0 bridgehead atoms. The Morgan fingerprint density at radius 1 is 0.864 bits per heavy atom. The van der Waals surface area contributed by atoms with Crippen molar-refractivity contribution in [1.29, 1.82) is 0 Å². The third-order valence-electron chi connectivity index (χ3n) is 3.31. The number of benzene rings is 2. The van der Waals surface area contributed by atoms with Crippen LogP contribution in [0.3, 0.4) is 0 Å². The van der Waals surface area contributed by atoms with Crippen LogP contribution in [0.1, 0.15) is 0 Å². The molecule has 2 aromatic carbocycles. The first kappa shape index (κ1) is 15.4. The van der Waals surface area contributed by atoms with Gasteiger partial charge in [0.15, 0.2) is 0 Å². The molecule has 22 heavy (non-hydrogen) atoms. The molecule has 0 aliphatic rings. The Hall–Kier alpha value is -1.48. The second-order valence-corrected chi connectivity index (χ2v) is 14.2. The van der Waals surface area contributed by atoms with Crippen molar-refractivity contribution in [2.75, 3.05) is 0 Å². The van der Waals surface area contributed by atoms with E-state index in [1.807, 2.05) is 0 Å². The van der Waals surface area contributed by atoms with E-state index >= 15 is 0 Å². The first-order valence-corrected chi connectivity index (χ1v) is 12.9. The predicted octanol–water partition coefficient (Wildman–Crippen LogP) is 3.64. The molecule has 0 N–H and O–H groups in total. The second-order valence-electron chi connectivity index (χ2n) is 6.66. The summed E-state index contributed by atoms with van der Waals surface area (Å²) in [5.41, 5.74) is 2.49. The Kier molecular flexibility index (Phi) is 4.43. The molecule has 3 aromatic rings. The van der Waals surface area contributed by atoms with Crippen LogP contribution in [0.2, 0.25) is 19.6 Å². The van der Waals surface area contributed by atoms with Crippen molar-refractivity contribution in [1.82, 2.24) is 4.98 Å². The normalized spacial score (nSPS) is 11.6. The van der Waals surface area contributed by atoms with Gasteiger partial charge in [0, 0.05) is 0 Å². The topological polar surface area (TPSA) is 16.8 Å². The van der Waals surface area contributed by atoms with E-state index in [1.165, 1.54) is 15.7 Å².